The van der Waals surface area contributed by atoms with Gasteiger partial charge in [0.15, 0.2) is 0 Å². The summed E-state index contributed by atoms with van der Waals surface area (Å²) < 4.78 is 0. The van der Waals surface area contributed by atoms with Crippen LogP contribution in [0.25, 0.3) is 0 Å². The summed E-state index contributed by atoms with van der Waals surface area (Å²) in [5.74, 6) is 0. The zero-order chi connectivity index (χ0) is 15.0. The third kappa shape index (κ3) is 3.82. The molecule has 0 fully saturated rings. The maximum Gasteiger partial charge on any atom is 0.133 e. The summed E-state index contributed by atoms with van der Waals surface area (Å²) in [4.78, 5) is 2.44. The molecule has 1 N–H and O–H groups in total. The van der Waals surface area contributed by atoms with Crippen LogP contribution >= 0.6 is 0 Å². The molecule has 0 amide bonds. The second kappa shape index (κ2) is 8.04. The molecule has 3 nitrogen and oxygen atoms in total. The van der Waals surface area contributed by atoms with E-state index in [0.29, 0.717) is 6.04 Å². The van der Waals surface area contributed by atoms with E-state index in [-0.39, 0.29) is 0 Å². The summed E-state index contributed by atoms with van der Waals surface area (Å²) in [7, 11) is 1.87. The Bertz CT molecular complexity index is 424. The fourth-order valence-electron chi connectivity index (χ4n) is 2.57. The van der Waals surface area contributed by atoms with Crippen LogP contribution in [-0.4, -0.2) is 31.1 Å². The summed E-state index contributed by atoms with van der Waals surface area (Å²) in [5.41, 5.74) is 0.451. The van der Waals surface area contributed by atoms with Crippen molar-refractivity contribution >= 4 is 0 Å². The molecule has 0 aliphatic carbocycles. The Morgan fingerprint density at radius 1 is 1.30 bits per heavy atom. The Labute approximate surface area is 123 Å². The average molecular weight is 273 g/mol. The van der Waals surface area contributed by atoms with Crippen molar-refractivity contribution < 1.29 is 0 Å². The topological polar surface area (TPSA) is 39.1 Å². The van der Waals surface area contributed by atoms with Gasteiger partial charge in [0.2, 0.25) is 0 Å². The van der Waals surface area contributed by atoms with Crippen molar-refractivity contribution in [2.45, 2.75) is 45.2 Å². The summed E-state index contributed by atoms with van der Waals surface area (Å²) in [5, 5.41) is 12.9. The molecule has 2 atom stereocenters. The van der Waals surface area contributed by atoms with E-state index in [0.717, 1.165) is 31.5 Å². The molecule has 1 rings (SSSR count). The first kappa shape index (κ1) is 16.7. The van der Waals surface area contributed by atoms with Crippen molar-refractivity contribution in [3.05, 3.63) is 35.9 Å². The minimum Gasteiger partial charge on any atom is -0.301 e. The molecule has 1 aromatic carbocycles. The van der Waals surface area contributed by atoms with Crippen LogP contribution in [0, 0.1) is 11.3 Å². The second-order valence-corrected chi connectivity index (χ2v) is 5.27. The maximum absolute atomic E-state index is 9.68. The van der Waals surface area contributed by atoms with Gasteiger partial charge < -0.3 is 4.90 Å². The van der Waals surface area contributed by atoms with Gasteiger partial charge in [-0.15, -0.1) is 0 Å². The maximum atomic E-state index is 9.68. The van der Waals surface area contributed by atoms with Crippen molar-refractivity contribution in [1.82, 2.24) is 10.2 Å². The number of nitriles is 1. The van der Waals surface area contributed by atoms with E-state index in [9.17, 15) is 5.26 Å². The molecular formula is C17H27N3. The minimum atomic E-state index is -0.595. The molecule has 3 heteroatoms. The van der Waals surface area contributed by atoms with Crippen LogP contribution in [0.15, 0.2) is 30.3 Å². The lowest BCUT2D eigenvalue weighted by Crippen LogP contribution is -2.43. The smallest absolute Gasteiger partial charge is 0.133 e. The first-order valence-corrected chi connectivity index (χ1v) is 7.53. The van der Waals surface area contributed by atoms with E-state index in [4.69, 9.17) is 0 Å². The summed E-state index contributed by atoms with van der Waals surface area (Å²) in [6.07, 6.45) is 1.93. The van der Waals surface area contributed by atoms with E-state index in [1.54, 1.807) is 0 Å². The minimum absolute atomic E-state index is 0.559. The van der Waals surface area contributed by atoms with Crippen LogP contribution in [0.5, 0.6) is 0 Å². The second-order valence-electron chi connectivity index (χ2n) is 5.27. The zero-order valence-electron chi connectivity index (χ0n) is 13.2. The third-order valence-electron chi connectivity index (χ3n) is 4.28. The van der Waals surface area contributed by atoms with Crippen molar-refractivity contribution in [2.75, 3.05) is 20.1 Å². The van der Waals surface area contributed by atoms with Gasteiger partial charge in [0.25, 0.3) is 0 Å². The molecule has 0 spiro atoms. The Morgan fingerprint density at radius 3 is 2.40 bits per heavy atom. The Hall–Kier alpha value is -1.37. The summed E-state index contributed by atoms with van der Waals surface area (Å²) in [6, 6.07) is 13.1. The number of nitrogens with zero attached hydrogens (tertiary/aromatic N) is 2. The molecule has 0 aliphatic rings. The van der Waals surface area contributed by atoms with Crippen molar-refractivity contribution in [1.29, 1.82) is 5.26 Å². The molecule has 0 radical (unpaired) electrons. The predicted molar refractivity (Wildman–Crippen MR) is 84.4 cm³/mol. The van der Waals surface area contributed by atoms with Gasteiger partial charge in [-0.2, -0.15) is 5.26 Å². The highest BCUT2D eigenvalue weighted by Gasteiger charge is 2.30. The van der Waals surface area contributed by atoms with Crippen LogP contribution < -0.4 is 5.32 Å². The Balaban J connectivity index is 2.86. The fraction of sp³-hybridized carbons (Fsp3) is 0.588. The Morgan fingerprint density at radius 2 is 1.95 bits per heavy atom. The van der Waals surface area contributed by atoms with Gasteiger partial charge in [-0.25, -0.2) is 0 Å². The molecule has 2 unspecified atom stereocenters. The van der Waals surface area contributed by atoms with Gasteiger partial charge in [0, 0.05) is 12.6 Å². The van der Waals surface area contributed by atoms with Crippen molar-refractivity contribution in [2.24, 2.45) is 0 Å². The first-order chi connectivity index (χ1) is 9.63. The molecule has 20 heavy (non-hydrogen) atoms. The lowest BCUT2D eigenvalue weighted by molar-refractivity contribution is 0.194. The average Bonchev–Trinajstić information content (AvgIpc) is 2.52. The molecule has 0 bridgehead atoms. The summed E-state index contributed by atoms with van der Waals surface area (Å²) >= 11 is 0. The molecule has 110 valence electrons. The van der Waals surface area contributed by atoms with E-state index in [1.807, 2.05) is 37.4 Å². The third-order valence-corrected chi connectivity index (χ3v) is 4.28. The number of hydrogen-bond donors (Lipinski definition) is 1. The largest absolute Gasteiger partial charge is 0.301 e. The number of hydrogen-bond acceptors (Lipinski definition) is 3. The number of nitrogens with one attached hydrogen (secondary N) is 1. The first-order valence-electron chi connectivity index (χ1n) is 7.53. The molecule has 0 saturated heterocycles. The number of rotatable bonds is 8. The molecule has 0 aliphatic heterocycles. The quantitative estimate of drug-likeness (QED) is 0.791. The highest BCUT2D eigenvalue weighted by atomic mass is 15.1. The van der Waals surface area contributed by atoms with E-state index >= 15 is 0 Å². The molecule has 1 aromatic rings. The molecular weight excluding hydrogens is 246 g/mol. The lowest BCUT2D eigenvalue weighted by atomic mass is 9.88. The van der Waals surface area contributed by atoms with Gasteiger partial charge in [0.1, 0.15) is 5.54 Å². The van der Waals surface area contributed by atoms with Crippen molar-refractivity contribution in [3.8, 4) is 6.07 Å². The fourth-order valence-corrected chi connectivity index (χ4v) is 2.57. The van der Waals surface area contributed by atoms with E-state index in [1.165, 1.54) is 0 Å². The van der Waals surface area contributed by atoms with E-state index in [2.05, 4.69) is 37.1 Å². The number of benzene rings is 1. The van der Waals surface area contributed by atoms with Crippen LogP contribution in [0.3, 0.4) is 0 Å². The monoisotopic (exact) mass is 273 g/mol. The highest BCUT2D eigenvalue weighted by Crippen LogP contribution is 2.24. The molecule has 0 aromatic heterocycles. The highest BCUT2D eigenvalue weighted by molar-refractivity contribution is 5.31. The van der Waals surface area contributed by atoms with Crippen LogP contribution in [0.1, 0.15) is 39.2 Å². The van der Waals surface area contributed by atoms with Crippen LogP contribution in [-0.2, 0) is 5.54 Å². The van der Waals surface area contributed by atoms with Gasteiger partial charge >= 0.3 is 0 Å². The summed E-state index contributed by atoms with van der Waals surface area (Å²) in [6.45, 7) is 8.59. The SMILES string of the molecule is CCC(C)N(CC)CCC(C#N)(NC)c1ccccc1. The van der Waals surface area contributed by atoms with Crippen LogP contribution in [0.2, 0.25) is 0 Å². The van der Waals surface area contributed by atoms with Gasteiger partial charge in [0.05, 0.1) is 6.07 Å². The van der Waals surface area contributed by atoms with Gasteiger partial charge in [-0.1, -0.05) is 44.2 Å². The van der Waals surface area contributed by atoms with E-state index < -0.39 is 5.54 Å². The Kier molecular flexibility index (Phi) is 6.70. The van der Waals surface area contributed by atoms with Gasteiger partial charge in [-0.3, -0.25) is 5.32 Å². The predicted octanol–water partition coefficient (Wildman–Crippen LogP) is 3.14. The zero-order valence-corrected chi connectivity index (χ0v) is 13.2. The van der Waals surface area contributed by atoms with Crippen molar-refractivity contribution in [3.63, 3.8) is 0 Å². The van der Waals surface area contributed by atoms with Crippen LogP contribution in [0.4, 0.5) is 0 Å². The molecule has 0 heterocycles. The standard InChI is InChI=1S/C17H27N3/c1-5-15(3)20(6-2)13-12-17(14-18,19-4)16-10-8-7-9-11-16/h7-11,15,19H,5-6,12-13H2,1-4H3. The van der Waals surface area contributed by atoms with Gasteiger partial charge in [-0.05, 0) is 38.9 Å². The lowest BCUT2D eigenvalue weighted by Gasteiger charge is -2.32. The normalized spacial score (nSPS) is 15.6. The molecule has 0 saturated carbocycles.